The van der Waals surface area contributed by atoms with Crippen molar-refractivity contribution in [2.75, 3.05) is 18.4 Å². The Balaban J connectivity index is 1.38. The van der Waals surface area contributed by atoms with E-state index in [1.807, 2.05) is 24.3 Å². The second-order valence-electron chi connectivity index (χ2n) is 6.89. The van der Waals surface area contributed by atoms with E-state index in [2.05, 4.69) is 20.3 Å². The molecule has 144 valence electrons. The predicted octanol–water partition coefficient (Wildman–Crippen LogP) is 3.14. The van der Waals surface area contributed by atoms with Gasteiger partial charge in [-0.15, -0.1) is 0 Å². The first kappa shape index (κ1) is 18.0. The van der Waals surface area contributed by atoms with Crippen molar-refractivity contribution in [3.05, 3.63) is 64.8 Å². The summed E-state index contributed by atoms with van der Waals surface area (Å²) in [5.74, 6) is 1.46. The van der Waals surface area contributed by atoms with E-state index in [9.17, 15) is 9.59 Å². The number of carbonyl (C=O) groups excluding carboxylic acids is 1. The van der Waals surface area contributed by atoms with E-state index in [1.54, 1.807) is 24.1 Å². The number of urea groups is 1. The lowest BCUT2D eigenvalue weighted by atomic mass is 9.93. The number of nitrogens with zero attached hydrogens (tertiary/aromatic N) is 3. The summed E-state index contributed by atoms with van der Waals surface area (Å²) in [5, 5.41) is 2.94. The van der Waals surface area contributed by atoms with Gasteiger partial charge in [-0.3, -0.25) is 4.79 Å². The van der Waals surface area contributed by atoms with E-state index < -0.39 is 0 Å². The Hall–Kier alpha value is -3.42. The molecule has 3 aromatic rings. The summed E-state index contributed by atoms with van der Waals surface area (Å²) >= 11 is 0. The van der Waals surface area contributed by atoms with Crippen LogP contribution in [0.1, 0.15) is 30.3 Å². The van der Waals surface area contributed by atoms with Crippen molar-refractivity contribution in [1.82, 2.24) is 19.9 Å². The molecule has 8 heteroatoms. The molecule has 1 fully saturated rings. The fourth-order valence-electron chi connectivity index (χ4n) is 3.50. The molecule has 3 heterocycles. The third kappa shape index (κ3) is 3.95. The van der Waals surface area contributed by atoms with Gasteiger partial charge >= 0.3 is 6.03 Å². The van der Waals surface area contributed by atoms with Gasteiger partial charge in [-0.2, -0.15) is 0 Å². The number of aromatic nitrogens is 3. The van der Waals surface area contributed by atoms with Crippen LogP contribution in [0.4, 0.5) is 10.5 Å². The number of rotatable bonds is 3. The maximum Gasteiger partial charge on any atom is 0.321 e. The van der Waals surface area contributed by atoms with Gasteiger partial charge in [0.2, 0.25) is 0 Å². The molecule has 0 bridgehead atoms. The molecule has 2 aromatic heterocycles. The Labute approximate surface area is 161 Å². The molecule has 1 aliphatic heterocycles. The molecule has 1 aliphatic rings. The van der Waals surface area contributed by atoms with Gasteiger partial charge in [0.05, 0.1) is 11.9 Å². The largest absolute Gasteiger partial charge is 0.444 e. The second kappa shape index (κ2) is 7.67. The molecule has 4 rings (SSSR count). The van der Waals surface area contributed by atoms with Gasteiger partial charge < -0.3 is 19.6 Å². The minimum absolute atomic E-state index is 0.130. The number of benzene rings is 1. The third-order valence-corrected chi connectivity index (χ3v) is 4.91. The highest BCUT2D eigenvalue weighted by atomic mass is 16.3. The van der Waals surface area contributed by atoms with Crippen molar-refractivity contribution in [1.29, 1.82) is 0 Å². The number of aromatic amines is 1. The Morgan fingerprint density at radius 1 is 1.29 bits per heavy atom. The quantitative estimate of drug-likeness (QED) is 0.727. The first-order valence-electron chi connectivity index (χ1n) is 9.21. The fraction of sp³-hybridized carbons (Fsp3) is 0.300. The lowest BCUT2D eigenvalue weighted by Gasteiger charge is -2.31. The highest BCUT2D eigenvalue weighted by molar-refractivity contribution is 5.90. The topological polar surface area (TPSA) is 104 Å². The summed E-state index contributed by atoms with van der Waals surface area (Å²) in [5.41, 5.74) is 2.23. The highest BCUT2D eigenvalue weighted by Crippen LogP contribution is 2.27. The average Bonchev–Trinajstić information content (AvgIpc) is 3.22. The van der Waals surface area contributed by atoms with Crippen LogP contribution in [0, 0.1) is 6.92 Å². The maximum atomic E-state index is 12.6. The first-order valence-corrected chi connectivity index (χ1v) is 9.21. The van der Waals surface area contributed by atoms with Gasteiger partial charge in [0.1, 0.15) is 5.82 Å². The van der Waals surface area contributed by atoms with Gasteiger partial charge in [-0.05, 0) is 31.9 Å². The van der Waals surface area contributed by atoms with E-state index in [-0.39, 0.29) is 17.5 Å². The van der Waals surface area contributed by atoms with Gasteiger partial charge in [0.15, 0.2) is 12.2 Å². The molecule has 0 spiro atoms. The Morgan fingerprint density at radius 2 is 2.11 bits per heavy atom. The molecule has 0 aliphatic carbocycles. The summed E-state index contributed by atoms with van der Waals surface area (Å²) < 4.78 is 5.30. The number of hydrogen-bond donors (Lipinski definition) is 2. The van der Waals surface area contributed by atoms with Gasteiger partial charge in [-0.25, -0.2) is 14.8 Å². The zero-order valence-corrected chi connectivity index (χ0v) is 15.5. The molecule has 2 amide bonds. The molecule has 0 radical (unpaired) electrons. The van der Waals surface area contributed by atoms with E-state index in [0.717, 1.165) is 24.1 Å². The van der Waals surface area contributed by atoms with Gasteiger partial charge in [-0.1, -0.05) is 12.1 Å². The fourth-order valence-corrected chi connectivity index (χ4v) is 3.50. The molecular formula is C20H21N5O3. The summed E-state index contributed by atoms with van der Waals surface area (Å²) in [6.45, 7) is 3.01. The smallest absolute Gasteiger partial charge is 0.321 e. The zero-order chi connectivity index (χ0) is 19.5. The van der Waals surface area contributed by atoms with Crippen molar-refractivity contribution in [3.8, 4) is 11.3 Å². The predicted molar refractivity (Wildman–Crippen MR) is 104 cm³/mol. The number of H-pyrrole nitrogens is 1. The van der Waals surface area contributed by atoms with Crippen LogP contribution in [0.25, 0.3) is 11.3 Å². The number of amides is 2. The first-order chi connectivity index (χ1) is 13.6. The molecule has 0 unspecified atom stereocenters. The molecule has 8 nitrogen and oxygen atoms in total. The van der Waals surface area contributed by atoms with Crippen LogP contribution in [0.2, 0.25) is 0 Å². The van der Waals surface area contributed by atoms with Crippen molar-refractivity contribution in [2.24, 2.45) is 0 Å². The van der Waals surface area contributed by atoms with Crippen molar-refractivity contribution in [2.45, 2.75) is 25.7 Å². The van der Waals surface area contributed by atoms with Gasteiger partial charge in [0, 0.05) is 36.3 Å². The van der Waals surface area contributed by atoms with E-state index >= 15 is 0 Å². The Morgan fingerprint density at radius 3 is 2.82 bits per heavy atom. The van der Waals surface area contributed by atoms with E-state index in [4.69, 9.17) is 4.42 Å². The van der Waals surface area contributed by atoms with Crippen LogP contribution in [-0.4, -0.2) is 39.0 Å². The second-order valence-corrected chi connectivity index (χ2v) is 6.89. The normalized spacial score (nSPS) is 14.8. The number of nitrogens with one attached hydrogen (secondary N) is 2. The minimum atomic E-state index is -0.136. The number of likely N-dealkylation sites (tertiary alicyclic amines) is 1. The molecule has 0 saturated carbocycles. The number of aryl methyl sites for hydroxylation is 1. The summed E-state index contributed by atoms with van der Waals surface area (Å²) in [6, 6.07) is 8.88. The van der Waals surface area contributed by atoms with Crippen molar-refractivity contribution in [3.63, 3.8) is 0 Å². The van der Waals surface area contributed by atoms with Crippen LogP contribution in [0.15, 0.2) is 52.1 Å². The summed E-state index contributed by atoms with van der Waals surface area (Å²) in [4.78, 5) is 37.1. The minimum Gasteiger partial charge on any atom is -0.444 e. The van der Waals surface area contributed by atoms with Crippen LogP contribution in [-0.2, 0) is 0 Å². The number of oxazole rings is 1. The van der Waals surface area contributed by atoms with Crippen LogP contribution >= 0.6 is 0 Å². The number of piperidine rings is 1. The van der Waals surface area contributed by atoms with Crippen molar-refractivity contribution < 1.29 is 9.21 Å². The van der Waals surface area contributed by atoms with Crippen LogP contribution in [0.3, 0.4) is 0 Å². The zero-order valence-electron chi connectivity index (χ0n) is 15.5. The maximum absolute atomic E-state index is 12.6. The molecule has 0 atom stereocenters. The lowest BCUT2D eigenvalue weighted by molar-refractivity contribution is 0.194. The molecular weight excluding hydrogens is 358 g/mol. The third-order valence-electron chi connectivity index (χ3n) is 4.91. The summed E-state index contributed by atoms with van der Waals surface area (Å²) in [6.07, 6.45) is 4.57. The SMILES string of the molecule is Cc1nc(C2CCN(C(=O)Nc3cccc(-c4cnco4)c3)CC2)cc(=O)[nH]1. The van der Waals surface area contributed by atoms with E-state index in [1.165, 1.54) is 6.39 Å². The molecule has 1 saturated heterocycles. The van der Waals surface area contributed by atoms with Crippen molar-refractivity contribution >= 4 is 11.7 Å². The monoisotopic (exact) mass is 379 g/mol. The summed E-state index contributed by atoms with van der Waals surface area (Å²) in [7, 11) is 0. The highest BCUT2D eigenvalue weighted by Gasteiger charge is 2.25. The molecule has 2 N–H and O–H groups in total. The molecule has 1 aromatic carbocycles. The standard InChI is InChI=1S/C20H21N5O3/c1-13-22-17(10-19(26)23-13)14-5-7-25(8-6-14)20(27)24-16-4-2-3-15(9-16)18-11-21-12-28-18/h2-4,9-12,14H,5-8H2,1H3,(H,24,27)(H,22,23,26). The number of anilines is 1. The van der Waals surface area contributed by atoms with Crippen LogP contribution < -0.4 is 10.9 Å². The lowest BCUT2D eigenvalue weighted by Crippen LogP contribution is -2.40. The average molecular weight is 379 g/mol. The number of hydrogen-bond acceptors (Lipinski definition) is 5. The molecule has 28 heavy (non-hydrogen) atoms. The Bertz CT molecular complexity index is 1020. The van der Waals surface area contributed by atoms with E-state index in [0.29, 0.717) is 30.4 Å². The van der Waals surface area contributed by atoms with Crippen LogP contribution in [0.5, 0.6) is 0 Å². The number of carbonyl (C=O) groups is 1. The van der Waals surface area contributed by atoms with Gasteiger partial charge in [0.25, 0.3) is 5.56 Å². The Kier molecular flexibility index (Phi) is 4.92.